The molecule has 0 aliphatic carbocycles. The van der Waals surface area contributed by atoms with E-state index in [9.17, 15) is 8.42 Å². The Labute approximate surface area is 288 Å². The molecule has 0 aliphatic rings. The van der Waals surface area contributed by atoms with Crippen LogP contribution in [0, 0.1) is 0 Å². The number of nitrogens with zero attached hydrogens (tertiary/aromatic N) is 2. The van der Waals surface area contributed by atoms with Crippen LogP contribution in [0.3, 0.4) is 0 Å². The number of rotatable bonds is 10. The first kappa shape index (κ1) is 38.1. The zero-order valence-corrected chi connectivity index (χ0v) is 31.4. The van der Waals surface area contributed by atoms with Crippen molar-refractivity contribution in [2.75, 3.05) is 14.2 Å². The summed E-state index contributed by atoms with van der Waals surface area (Å²) < 4.78 is 41.6. The fraction of sp³-hybridized carbons (Fsp3) is 0.471. The van der Waals surface area contributed by atoms with Crippen LogP contribution in [-0.4, -0.2) is 42.1 Å². The van der Waals surface area contributed by atoms with Gasteiger partial charge in [0.25, 0.3) is 0 Å². The molecule has 4 aromatic rings. The number of hydrogen-bond acceptors (Lipinski definition) is 6. The molecule has 8 nitrogen and oxygen atoms in total. The predicted molar refractivity (Wildman–Crippen MR) is 195 cm³/mol. The standard InChI is InChI=1S/2C17H23ClN2O2S/c2*1-6-14(20-23(21)17(2,3)4)11-7-8-15(22-5)13-10-19-16(18)9-12(11)13/h2*7-10,14,20H,6H2,1-5H3/t14-,23+;14-,23-/m10/s1. The van der Waals surface area contributed by atoms with Crippen molar-refractivity contribution in [3.05, 3.63) is 70.2 Å². The van der Waals surface area contributed by atoms with Crippen LogP contribution in [-0.2, 0) is 22.0 Å². The van der Waals surface area contributed by atoms with Gasteiger partial charge < -0.3 is 9.47 Å². The Bertz CT molecular complexity index is 1580. The fourth-order valence-corrected chi connectivity index (χ4v) is 6.86. The van der Waals surface area contributed by atoms with Crippen molar-refractivity contribution in [1.29, 1.82) is 0 Å². The summed E-state index contributed by atoms with van der Waals surface area (Å²) in [5.41, 5.74) is 2.09. The summed E-state index contributed by atoms with van der Waals surface area (Å²) in [6.07, 6.45) is 5.05. The lowest BCUT2D eigenvalue weighted by Gasteiger charge is -2.25. The number of nitrogens with one attached hydrogen (secondary N) is 2. The van der Waals surface area contributed by atoms with Gasteiger partial charge in [-0.25, -0.2) is 27.8 Å². The SMILES string of the molecule is CC[C@@H](N[S@@](=O)C(C)(C)C)c1ccc(OC)c2cnc(Cl)cc12.CC[C@H](N[S@@](=O)C(C)(C)C)c1ccc(OC)c2cnc(Cl)cc12. The lowest BCUT2D eigenvalue weighted by atomic mass is 9.98. The Hall–Kier alpha value is -2.34. The van der Waals surface area contributed by atoms with Gasteiger partial charge in [0, 0.05) is 35.2 Å². The molecule has 0 amide bonds. The van der Waals surface area contributed by atoms with E-state index in [0.717, 1.165) is 57.0 Å². The minimum Gasteiger partial charge on any atom is -0.496 e. The average molecular weight is 710 g/mol. The van der Waals surface area contributed by atoms with Gasteiger partial charge >= 0.3 is 0 Å². The third kappa shape index (κ3) is 9.39. The highest BCUT2D eigenvalue weighted by Crippen LogP contribution is 2.35. The van der Waals surface area contributed by atoms with Crippen molar-refractivity contribution >= 4 is 66.7 Å². The first-order chi connectivity index (χ1) is 21.5. The molecule has 2 N–H and O–H groups in total. The second-order valence-corrected chi connectivity index (χ2v) is 17.5. The van der Waals surface area contributed by atoms with Crippen LogP contribution in [0.25, 0.3) is 21.5 Å². The molecule has 2 heterocycles. The van der Waals surface area contributed by atoms with Gasteiger partial charge in [-0.1, -0.05) is 49.2 Å². The highest BCUT2D eigenvalue weighted by molar-refractivity contribution is 7.84. The fourth-order valence-electron chi connectivity index (χ4n) is 4.73. The molecule has 2 aromatic heterocycles. The Kier molecular flexibility index (Phi) is 13.4. The van der Waals surface area contributed by atoms with Crippen LogP contribution in [0.4, 0.5) is 0 Å². The minimum absolute atomic E-state index is 0.0399. The average Bonchev–Trinajstić information content (AvgIpc) is 3.00. The van der Waals surface area contributed by atoms with E-state index in [0.29, 0.717) is 10.3 Å². The van der Waals surface area contributed by atoms with Gasteiger partial charge in [-0.2, -0.15) is 0 Å². The molecule has 0 spiro atoms. The first-order valence-electron chi connectivity index (χ1n) is 15.2. The van der Waals surface area contributed by atoms with Gasteiger partial charge in [0.2, 0.25) is 0 Å². The van der Waals surface area contributed by atoms with Crippen LogP contribution in [0.5, 0.6) is 11.5 Å². The molecule has 0 saturated heterocycles. The lowest BCUT2D eigenvalue weighted by Crippen LogP contribution is -2.35. The zero-order chi connectivity index (χ0) is 34.4. The van der Waals surface area contributed by atoms with Crippen molar-refractivity contribution in [1.82, 2.24) is 19.4 Å². The van der Waals surface area contributed by atoms with Crippen molar-refractivity contribution in [3.63, 3.8) is 0 Å². The highest BCUT2D eigenvalue weighted by Gasteiger charge is 2.25. The lowest BCUT2D eigenvalue weighted by molar-refractivity contribution is 0.419. The minimum atomic E-state index is -1.15. The van der Waals surface area contributed by atoms with Gasteiger partial charge in [-0.05, 0) is 101 Å². The van der Waals surface area contributed by atoms with Crippen LogP contribution >= 0.6 is 23.2 Å². The van der Waals surface area contributed by atoms with Crippen LogP contribution in [0.1, 0.15) is 91.4 Å². The van der Waals surface area contributed by atoms with Gasteiger partial charge in [-0.15, -0.1) is 0 Å². The number of fused-ring (bicyclic) bond motifs is 2. The van der Waals surface area contributed by atoms with E-state index in [-0.39, 0.29) is 21.6 Å². The van der Waals surface area contributed by atoms with E-state index >= 15 is 0 Å². The molecule has 0 bridgehead atoms. The Balaban J connectivity index is 0.000000250. The molecular weight excluding hydrogens is 663 g/mol. The maximum absolute atomic E-state index is 12.5. The smallest absolute Gasteiger partial charge is 0.129 e. The molecular formula is C34H46Cl2N4O4S2. The summed E-state index contributed by atoms with van der Waals surface area (Å²) in [4.78, 5) is 8.29. The number of halogens is 2. The van der Waals surface area contributed by atoms with E-state index in [4.69, 9.17) is 32.7 Å². The number of benzene rings is 2. The molecule has 252 valence electrons. The second-order valence-electron chi connectivity index (χ2n) is 12.7. The van der Waals surface area contributed by atoms with Crippen molar-refractivity contribution in [2.24, 2.45) is 0 Å². The quantitative estimate of drug-likeness (QED) is 0.160. The Morgan fingerprint density at radius 1 is 0.674 bits per heavy atom. The summed E-state index contributed by atoms with van der Waals surface area (Å²) in [5, 5.41) is 4.59. The van der Waals surface area contributed by atoms with Crippen molar-refractivity contribution < 1.29 is 17.9 Å². The molecule has 2 aromatic carbocycles. The molecule has 4 rings (SSSR count). The monoisotopic (exact) mass is 708 g/mol. The third-order valence-electron chi connectivity index (χ3n) is 7.34. The van der Waals surface area contributed by atoms with Gasteiger partial charge in [-0.3, -0.25) is 0 Å². The molecule has 0 radical (unpaired) electrons. The van der Waals surface area contributed by atoms with E-state index in [1.165, 1.54) is 0 Å². The van der Waals surface area contributed by atoms with Crippen LogP contribution in [0.15, 0.2) is 48.8 Å². The molecule has 12 heteroatoms. The number of methoxy groups -OCH3 is 2. The maximum Gasteiger partial charge on any atom is 0.129 e. The Morgan fingerprint density at radius 3 is 1.30 bits per heavy atom. The molecule has 0 saturated carbocycles. The van der Waals surface area contributed by atoms with E-state index < -0.39 is 22.0 Å². The maximum atomic E-state index is 12.5. The molecule has 0 unspecified atom stereocenters. The van der Waals surface area contributed by atoms with E-state index in [1.54, 1.807) is 26.6 Å². The second kappa shape index (κ2) is 16.2. The largest absolute Gasteiger partial charge is 0.496 e. The molecule has 46 heavy (non-hydrogen) atoms. The molecule has 0 fully saturated rings. The summed E-state index contributed by atoms with van der Waals surface area (Å²) in [5.74, 6) is 1.50. The summed E-state index contributed by atoms with van der Waals surface area (Å²) in [6, 6.07) is 11.4. The molecule has 4 atom stereocenters. The van der Waals surface area contributed by atoms with E-state index in [2.05, 4.69) is 33.3 Å². The summed E-state index contributed by atoms with van der Waals surface area (Å²) in [7, 11) is 0.958. The van der Waals surface area contributed by atoms with Gasteiger partial charge in [0.05, 0.1) is 45.7 Å². The zero-order valence-electron chi connectivity index (χ0n) is 28.3. The number of pyridine rings is 2. The van der Waals surface area contributed by atoms with Crippen LogP contribution < -0.4 is 18.9 Å². The van der Waals surface area contributed by atoms with Crippen molar-refractivity contribution in [3.8, 4) is 11.5 Å². The summed E-state index contributed by atoms with van der Waals surface area (Å²) >= 11 is 12.2. The third-order valence-corrected chi connectivity index (χ3v) is 11.0. The predicted octanol–water partition coefficient (Wildman–Crippen LogP) is 8.80. The van der Waals surface area contributed by atoms with Crippen molar-refractivity contribution in [2.45, 2.75) is 89.8 Å². The Morgan fingerprint density at radius 2 is 1.02 bits per heavy atom. The normalized spacial score (nSPS) is 14.7. The van der Waals surface area contributed by atoms with Crippen LogP contribution in [0.2, 0.25) is 10.3 Å². The van der Waals surface area contributed by atoms with E-state index in [1.807, 2.05) is 77.9 Å². The first-order valence-corrected chi connectivity index (χ1v) is 18.2. The van der Waals surface area contributed by atoms with Gasteiger partial charge in [0.15, 0.2) is 0 Å². The van der Waals surface area contributed by atoms with Gasteiger partial charge in [0.1, 0.15) is 21.8 Å². The number of ether oxygens (including phenoxy) is 2. The summed E-state index contributed by atoms with van der Waals surface area (Å²) in [6.45, 7) is 15.9. The topological polar surface area (TPSA) is 102 Å². The molecule has 0 aliphatic heterocycles. The number of aromatic nitrogens is 2. The highest BCUT2D eigenvalue weighted by atomic mass is 35.5. The number of hydrogen-bond donors (Lipinski definition) is 2.